The third kappa shape index (κ3) is 4.55. The molecule has 1 aliphatic rings. The fourth-order valence-corrected chi connectivity index (χ4v) is 3.86. The van der Waals surface area contributed by atoms with Gasteiger partial charge in [-0.3, -0.25) is 14.8 Å². The van der Waals surface area contributed by atoms with Gasteiger partial charge in [-0.25, -0.2) is 5.48 Å². The molecule has 3 aromatic rings. The zero-order valence-corrected chi connectivity index (χ0v) is 17.7. The van der Waals surface area contributed by atoms with E-state index < -0.39 is 5.91 Å². The molecule has 0 saturated carbocycles. The summed E-state index contributed by atoms with van der Waals surface area (Å²) in [4.78, 5) is 27.2. The summed E-state index contributed by atoms with van der Waals surface area (Å²) >= 11 is 0. The van der Waals surface area contributed by atoms with Crippen LogP contribution in [0, 0.1) is 0 Å². The molecule has 0 unspecified atom stereocenters. The van der Waals surface area contributed by atoms with Gasteiger partial charge in [-0.2, -0.15) is 0 Å². The first-order valence-electron chi connectivity index (χ1n) is 10.4. The van der Waals surface area contributed by atoms with Gasteiger partial charge in [0.25, 0.3) is 11.8 Å². The zero-order chi connectivity index (χ0) is 22.5. The number of fused-ring (bicyclic) bond motifs is 1. The van der Waals surface area contributed by atoms with Crippen molar-refractivity contribution in [2.75, 3.05) is 13.7 Å². The molecule has 3 aromatic carbocycles. The number of hydrogen-bond donors (Lipinski definition) is 2. The predicted molar refractivity (Wildman–Crippen MR) is 122 cm³/mol. The standard InChI is InChI=1S/C26H24N2O4/c1-32-23-11-9-20(10-12-23)24(15-18-5-3-2-4-6-18)26(30)28-14-13-19-7-8-21(25(29)27-31)16-22(19)17-28/h2-12,15-16,31H,13-14,17H2,1H3,(H,27,29)/b24-15-. The lowest BCUT2D eigenvalue weighted by Crippen LogP contribution is -2.36. The first kappa shape index (κ1) is 21.3. The second-order valence-corrected chi connectivity index (χ2v) is 7.60. The highest BCUT2D eigenvalue weighted by atomic mass is 16.5. The van der Waals surface area contributed by atoms with E-state index >= 15 is 0 Å². The first-order valence-corrected chi connectivity index (χ1v) is 10.4. The summed E-state index contributed by atoms with van der Waals surface area (Å²) in [5.74, 6) is 0.0719. The lowest BCUT2D eigenvalue weighted by molar-refractivity contribution is -0.125. The fourth-order valence-electron chi connectivity index (χ4n) is 3.86. The lowest BCUT2D eigenvalue weighted by atomic mass is 9.95. The highest BCUT2D eigenvalue weighted by Gasteiger charge is 2.25. The van der Waals surface area contributed by atoms with Gasteiger partial charge in [0.05, 0.1) is 7.11 Å². The molecule has 2 amide bonds. The summed E-state index contributed by atoms with van der Waals surface area (Å²) in [6.07, 6.45) is 2.60. The van der Waals surface area contributed by atoms with E-state index in [2.05, 4.69) is 0 Å². The Kier molecular flexibility index (Phi) is 6.33. The molecular weight excluding hydrogens is 404 g/mol. The van der Waals surface area contributed by atoms with Gasteiger partial charge in [0.15, 0.2) is 0 Å². The Hall–Kier alpha value is -3.90. The van der Waals surface area contributed by atoms with Crippen molar-refractivity contribution in [3.63, 3.8) is 0 Å². The molecule has 1 heterocycles. The number of ether oxygens (including phenoxy) is 1. The Labute approximate surface area is 186 Å². The van der Waals surface area contributed by atoms with Gasteiger partial charge in [-0.15, -0.1) is 0 Å². The van der Waals surface area contributed by atoms with Gasteiger partial charge in [0, 0.05) is 24.2 Å². The molecule has 0 aromatic heterocycles. The Morgan fingerprint density at radius 2 is 1.69 bits per heavy atom. The number of methoxy groups -OCH3 is 1. The molecule has 162 valence electrons. The number of carbonyl (C=O) groups excluding carboxylic acids is 2. The van der Waals surface area contributed by atoms with E-state index in [4.69, 9.17) is 9.94 Å². The van der Waals surface area contributed by atoms with Gasteiger partial charge in [-0.1, -0.05) is 48.5 Å². The summed E-state index contributed by atoms with van der Waals surface area (Å²) in [5, 5.41) is 8.93. The van der Waals surface area contributed by atoms with E-state index in [-0.39, 0.29) is 5.91 Å². The zero-order valence-electron chi connectivity index (χ0n) is 17.7. The van der Waals surface area contributed by atoms with Gasteiger partial charge >= 0.3 is 0 Å². The SMILES string of the molecule is COc1ccc(/C(=C/c2ccccc2)C(=O)N2CCc3ccc(C(=O)NO)cc3C2)cc1. The lowest BCUT2D eigenvalue weighted by Gasteiger charge is -2.30. The van der Waals surface area contributed by atoms with Gasteiger partial charge in [0.2, 0.25) is 0 Å². The molecule has 1 aliphatic heterocycles. The Morgan fingerprint density at radius 3 is 2.38 bits per heavy atom. The van der Waals surface area contributed by atoms with E-state index in [1.807, 2.05) is 66.7 Å². The Morgan fingerprint density at radius 1 is 0.969 bits per heavy atom. The van der Waals surface area contributed by atoms with Gasteiger partial charge in [0.1, 0.15) is 5.75 Å². The maximum atomic E-state index is 13.6. The molecule has 0 bridgehead atoms. The number of nitrogens with zero attached hydrogens (tertiary/aromatic N) is 1. The highest BCUT2D eigenvalue weighted by molar-refractivity contribution is 6.24. The van der Waals surface area contributed by atoms with Crippen LogP contribution in [0.3, 0.4) is 0 Å². The van der Waals surface area contributed by atoms with Crippen molar-refractivity contribution >= 4 is 23.5 Å². The number of hydrogen-bond acceptors (Lipinski definition) is 4. The number of rotatable bonds is 5. The maximum Gasteiger partial charge on any atom is 0.274 e. The second kappa shape index (κ2) is 9.49. The van der Waals surface area contributed by atoms with Crippen LogP contribution in [-0.2, 0) is 17.8 Å². The third-order valence-corrected chi connectivity index (χ3v) is 5.61. The summed E-state index contributed by atoms with van der Waals surface area (Å²) in [6, 6.07) is 22.5. The average Bonchev–Trinajstić information content (AvgIpc) is 2.86. The van der Waals surface area contributed by atoms with Crippen molar-refractivity contribution in [3.05, 3.63) is 101 Å². The minimum absolute atomic E-state index is 0.0818. The third-order valence-electron chi connectivity index (χ3n) is 5.61. The quantitative estimate of drug-likeness (QED) is 0.279. The highest BCUT2D eigenvalue weighted by Crippen LogP contribution is 2.27. The minimum Gasteiger partial charge on any atom is -0.497 e. The average molecular weight is 428 g/mol. The topological polar surface area (TPSA) is 78.9 Å². The van der Waals surface area contributed by atoms with Crippen LogP contribution >= 0.6 is 0 Å². The molecule has 0 fully saturated rings. The number of carbonyl (C=O) groups is 2. The van der Waals surface area contributed by atoms with Crippen LogP contribution < -0.4 is 10.2 Å². The van der Waals surface area contributed by atoms with E-state index in [1.165, 1.54) is 0 Å². The molecule has 0 spiro atoms. The van der Waals surface area contributed by atoms with Crippen LogP contribution in [0.2, 0.25) is 0 Å². The summed E-state index contributed by atoms with van der Waals surface area (Å²) < 4.78 is 5.26. The van der Waals surface area contributed by atoms with E-state index in [1.54, 1.807) is 29.6 Å². The molecule has 2 N–H and O–H groups in total. The van der Waals surface area contributed by atoms with Crippen molar-refractivity contribution in [1.29, 1.82) is 0 Å². The summed E-state index contributed by atoms with van der Waals surface area (Å²) in [5.41, 5.74) is 6.35. The number of nitrogens with one attached hydrogen (secondary N) is 1. The molecule has 0 aliphatic carbocycles. The van der Waals surface area contributed by atoms with Crippen LogP contribution in [0.25, 0.3) is 11.6 Å². The Balaban J connectivity index is 1.67. The van der Waals surface area contributed by atoms with Crippen molar-refractivity contribution in [2.45, 2.75) is 13.0 Å². The summed E-state index contributed by atoms with van der Waals surface area (Å²) in [7, 11) is 1.61. The van der Waals surface area contributed by atoms with Crippen LogP contribution in [0.1, 0.15) is 32.6 Å². The monoisotopic (exact) mass is 428 g/mol. The van der Waals surface area contributed by atoms with Crippen LogP contribution in [0.5, 0.6) is 5.75 Å². The molecule has 0 atom stereocenters. The van der Waals surface area contributed by atoms with Crippen molar-refractivity contribution in [1.82, 2.24) is 10.4 Å². The summed E-state index contributed by atoms with van der Waals surface area (Å²) in [6.45, 7) is 0.975. The minimum atomic E-state index is -0.570. The van der Waals surface area contributed by atoms with Crippen molar-refractivity contribution < 1.29 is 19.5 Å². The molecule has 0 radical (unpaired) electrons. The smallest absolute Gasteiger partial charge is 0.274 e. The molecule has 6 heteroatoms. The molecule has 6 nitrogen and oxygen atoms in total. The number of benzene rings is 3. The molecule has 0 saturated heterocycles. The fraction of sp³-hybridized carbons (Fsp3) is 0.154. The first-order chi connectivity index (χ1) is 15.6. The largest absolute Gasteiger partial charge is 0.497 e. The van der Waals surface area contributed by atoms with Gasteiger partial charge in [-0.05, 0) is 59.0 Å². The van der Waals surface area contributed by atoms with Crippen LogP contribution in [0.15, 0.2) is 72.8 Å². The molecular formula is C26H24N2O4. The van der Waals surface area contributed by atoms with Crippen molar-refractivity contribution in [2.24, 2.45) is 0 Å². The van der Waals surface area contributed by atoms with E-state index in [0.717, 1.165) is 28.0 Å². The van der Waals surface area contributed by atoms with E-state index in [9.17, 15) is 9.59 Å². The Bertz CT molecular complexity index is 1150. The van der Waals surface area contributed by atoms with Crippen LogP contribution in [0.4, 0.5) is 0 Å². The van der Waals surface area contributed by atoms with Crippen LogP contribution in [-0.4, -0.2) is 35.6 Å². The number of amides is 2. The maximum absolute atomic E-state index is 13.6. The molecule has 32 heavy (non-hydrogen) atoms. The normalized spacial score (nSPS) is 13.3. The number of hydroxylamine groups is 1. The van der Waals surface area contributed by atoms with Gasteiger partial charge < -0.3 is 9.64 Å². The van der Waals surface area contributed by atoms with E-state index in [0.29, 0.717) is 30.6 Å². The predicted octanol–water partition coefficient (Wildman–Crippen LogP) is 3.94. The molecule has 4 rings (SSSR count). The van der Waals surface area contributed by atoms with Crippen molar-refractivity contribution in [3.8, 4) is 5.75 Å². The second-order valence-electron chi connectivity index (χ2n) is 7.60.